The van der Waals surface area contributed by atoms with E-state index >= 15 is 0 Å². The molecule has 5 nitrogen and oxygen atoms in total. The topological polar surface area (TPSA) is 63.2 Å². The average molecular weight is 436 g/mol. The Kier molecular flexibility index (Phi) is 5.82. The molecular formula is C17H14BrN3O2S2. The minimum Gasteiger partial charge on any atom is -0.288 e. The summed E-state index contributed by atoms with van der Waals surface area (Å²) in [5, 5.41) is 0.536. The Balaban J connectivity index is 1.93. The van der Waals surface area contributed by atoms with Gasteiger partial charge in [0.2, 0.25) is 5.91 Å². The number of fused-ring (bicyclic) bond motifs is 1. The Morgan fingerprint density at radius 3 is 2.88 bits per heavy atom. The molecule has 1 amide bonds. The quantitative estimate of drug-likeness (QED) is 0.598. The molecule has 0 aliphatic heterocycles. The second-order valence-electron chi connectivity index (χ2n) is 5.23. The minimum absolute atomic E-state index is 0.0806. The summed E-state index contributed by atoms with van der Waals surface area (Å²) in [6, 6.07) is 9.56. The number of carbonyl (C=O) groups excluding carboxylic acids is 2. The number of amides is 1. The highest BCUT2D eigenvalue weighted by Gasteiger charge is 2.21. The van der Waals surface area contributed by atoms with Crippen molar-refractivity contribution < 1.29 is 9.59 Å². The fourth-order valence-electron chi connectivity index (χ4n) is 2.18. The van der Waals surface area contributed by atoms with Crippen molar-refractivity contribution in [2.45, 2.75) is 13.5 Å². The van der Waals surface area contributed by atoms with Gasteiger partial charge in [-0.25, -0.2) is 4.98 Å². The van der Waals surface area contributed by atoms with E-state index in [1.165, 1.54) is 18.3 Å². The summed E-state index contributed by atoms with van der Waals surface area (Å²) in [6.07, 6.45) is 3.42. The van der Waals surface area contributed by atoms with E-state index in [4.69, 9.17) is 0 Å². The largest absolute Gasteiger partial charge is 0.288 e. The second kappa shape index (κ2) is 8.07. The predicted molar refractivity (Wildman–Crippen MR) is 106 cm³/mol. The lowest BCUT2D eigenvalue weighted by Crippen LogP contribution is -2.32. The summed E-state index contributed by atoms with van der Waals surface area (Å²) in [5.74, 6) is -0.0583. The molecule has 0 fully saturated rings. The summed E-state index contributed by atoms with van der Waals surface area (Å²) in [4.78, 5) is 34.2. The fourth-order valence-corrected chi connectivity index (χ4v) is 4.20. The maximum atomic E-state index is 12.7. The zero-order chi connectivity index (χ0) is 17.8. The third-order valence-corrected chi connectivity index (χ3v) is 5.67. The number of hydrogen-bond donors (Lipinski definition) is 0. The Bertz CT molecular complexity index is 915. The number of carbonyl (C=O) groups is 2. The van der Waals surface area contributed by atoms with Gasteiger partial charge >= 0.3 is 0 Å². The van der Waals surface area contributed by atoms with Gasteiger partial charge in [0.05, 0.1) is 22.5 Å². The smallest absolute Gasteiger partial charge is 0.239 e. The Labute approximate surface area is 161 Å². The Morgan fingerprint density at radius 1 is 1.32 bits per heavy atom. The van der Waals surface area contributed by atoms with Gasteiger partial charge in [-0.2, -0.15) is 0 Å². The van der Waals surface area contributed by atoms with E-state index in [9.17, 15) is 9.59 Å². The number of benzene rings is 1. The molecule has 2 heterocycles. The van der Waals surface area contributed by atoms with Crippen molar-refractivity contribution in [1.82, 2.24) is 9.97 Å². The van der Waals surface area contributed by atoms with Crippen molar-refractivity contribution in [3.05, 3.63) is 52.8 Å². The van der Waals surface area contributed by atoms with Gasteiger partial charge in [0.15, 0.2) is 10.2 Å². The van der Waals surface area contributed by atoms with Crippen LogP contribution in [0.15, 0.2) is 47.2 Å². The van der Waals surface area contributed by atoms with Crippen molar-refractivity contribution in [3.63, 3.8) is 0 Å². The summed E-state index contributed by atoms with van der Waals surface area (Å²) in [6.45, 7) is 1.82. The summed E-state index contributed by atoms with van der Waals surface area (Å²) in [5.41, 5.74) is 1.75. The first-order chi connectivity index (χ1) is 12.0. The molecule has 0 spiro atoms. The first-order valence-corrected chi connectivity index (χ1v) is 10.0. The lowest BCUT2D eigenvalue weighted by Gasteiger charge is -2.19. The monoisotopic (exact) mass is 435 g/mol. The molecule has 25 heavy (non-hydrogen) atoms. The molecule has 0 saturated heterocycles. The zero-order valence-electron chi connectivity index (χ0n) is 13.3. The average Bonchev–Trinajstić information content (AvgIpc) is 3.01. The van der Waals surface area contributed by atoms with Crippen molar-refractivity contribution in [2.75, 3.05) is 10.7 Å². The first-order valence-electron chi connectivity index (χ1n) is 7.41. The normalized spacial score (nSPS) is 10.8. The SMILES string of the molecule is CC(=O)SCC(=O)N(Cc1cccnc1)c1nc2ccc(Br)cc2s1. The highest BCUT2D eigenvalue weighted by molar-refractivity contribution is 9.10. The summed E-state index contributed by atoms with van der Waals surface area (Å²) in [7, 11) is 0. The molecule has 0 atom stereocenters. The summed E-state index contributed by atoms with van der Waals surface area (Å²) >= 11 is 5.91. The maximum absolute atomic E-state index is 12.7. The van der Waals surface area contributed by atoms with E-state index in [0.717, 1.165) is 32.0 Å². The van der Waals surface area contributed by atoms with Crippen molar-refractivity contribution in [1.29, 1.82) is 0 Å². The third-order valence-electron chi connectivity index (χ3n) is 3.33. The number of thioether (sulfide) groups is 1. The number of halogens is 1. The highest BCUT2D eigenvalue weighted by Crippen LogP contribution is 2.32. The molecule has 0 aliphatic rings. The number of thiazole rings is 1. The van der Waals surface area contributed by atoms with Gasteiger partial charge in [0, 0.05) is 23.8 Å². The summed E-state index contributed by atoms with van der Waals surface area (Å²) < 4.78 is 1.96. The van der Waals surface area contributed by atoms with Gasteiger partial charge in [0.25, 0.3) is 0 Å². The standard InChI is InChI=1S/C17H14BrN3O2S2/c1-11(22)24-10-16(23)21(9-12-3-2-6-19-8-12)17-20-14-5-4-13(18)7-15(14)25-17/h2-8H,9-10H2,1H3. The number of nitrogens with zero attached hydrogens (tertiary/aromatic N) is 3. The number of anilines is 1. The fraction of sp³-hybridized carbons (Fsp3) is 0.176. The van der Waals surface area contributed by atoms with Crippen molar-refractivity contribution >= 4 is 65.4 Å². The van der Waals surface area contributed by atoms with Gasteiger partial charge in [-0.3, -0.25) is 19.5 Å². The lowest BCUT2D eigenvalue weighted by molar-refractivity contribution is -0.116. The minimum atomic E-state index is -0.151. The van der Waals surface area contributed by atoms with Crippen LogP contribution in [0.3, 0.4) is 0 Å². The van der Waals surface area contributed by atoms with Gasteiger partial charge in [-0.05, 0) is 29.8 Å². The molecule has 2 aromatic heterocycles. The zero-order valence-corrected chi connectivity index (χ0v) is 16.5. The molecule has 0 radical (unpaired) electrons. The first kappa shape index (κ1) is 18.0. The van der Waals surface area contributed by atoms with Crippen molar-refractivity contribution in [2.24, 2.45) is 0 Å². The van der Waals surface area contributed by atoms with Crippen LogP contribution in [0.4, 0.5) is 5.13 Å². The van der Waals surface area contributed by atoms with Crippen LogP contribution < -0.4 is 4.90 Å². The molecule has 0 unspecified atom stereocenters. The molecule has 3 rings (SSSR count). The van der Waals surface area contributed by atoms with E-state index < -0.39 is 0 Å². The number of pyridine rings is 1. The van der Waals surface area contributed by atoms with Crippen LogP contribution in [0.5, 0.6) is 0 Å². The molecule has 8 heteroatoms. The molecule has 3 aromatic rings. The molecule has 0 saturated carbocycles. The van der Waals surface area contributed by atoms with Crippen LogP contribution in [-0.4, -0.2) is 26.7 Å². The predicted octanol–water partition coefficient (Wildman–Crippen LogP) is 4.27. The van der Waals surface area contributed by atoms with Gasteiger partial charge in [-0.15, -0.1) is 0 Å². The number of aromatic nitrogens is 2. The molecule has 1 aromatic carbocycles. The van der Waals surface area contributed by atoms with E-state index in [2.05, 4.69) is 25.9 Å². The van der Waals surface area contributed by atoms with E-state index in [0.29, 0.717) is 11.7 Å². The van der Waals surface area contributed by atoms with Crippen LogP contribution in [0.2, 0.25) is 0 Å². The van der Waals surface area contributed by atoms with E-state index in [1.54, 1.807) is 17.3 Å². The van der Waals surface area contributed by atoms with Gasteiger partial charge in [0.1, 0.15) is 0 Å². The highest BCUT2D eigenvalue weighted by atomic mass is 79.9. The van der Waals surface area contributed by atoms with Crippen LogP contribution in [0, 0.1) is 0 Å². The Hall–Kier alpha value is -1.77. The molecular weight excluding hydrogens is 422 g/mol. The van der Waals surface area contributed by atoms with E-state index in [1.807, 2.05) is 30.3 Å². The maximum Gasteiger partial charge on any atom is 0.239 e. The Morgan fingerprint density at radius 2 is 2.16 bits per heavy atom. The molecule has 0 bridgehead atoms. The van der Waals surface area contributed by atoms with Crippen LogP contribution >= 0.6 is 39.0 Å². The van der Waals surface area contributed by atoms with Gasteiger partial charge < -0.3 is 0 Å². The lowest BCUT2D eigenvalue weighted by atomic mass is 10.2. The van der Waals surface area contributed by atoms with Crippen LogP contribution in [-0.2, 0) is 16.1 Å². The van der Waals surface area contributed by atoms with Crippen LogP contribution in [0.25, 0.3) is 10.2 Å². The third kappa shape index (κ3) is 4.65. The number of rotatable bonds is 5. The van der Waals surface area contributed by atoms with Crippen LogP contribution in [0.1, 0.15) is 12.5 Å². The van der Waals surface area contributed by atoms with Gasteiger partial charge in [-0.1, -0.05) is 45.1 Å². The molecule has 0 N–H and O–H groups in total. The van der Waals surface area contributed by atoms with Crippen molar-refractivity contribution in [3.8, 4) is 0 Å². The number of hydrogen-bond acceptors (Lipinski definition) is 6. The van der Waals surface area contributed by atoms with E-state index in [-0.39, 0.29) is 16.8 Å². The second-order valence-corrected chi connectivity index (χ2v) is 8.31. The molecule has 128 valence electrons. The molecule has 0 aliphatic carbocycles.